The Labute approximate surface area is 105 Å². The number of hydrogen-bond donors (Lipinski definition) is 1. The number of nitrogens with one attached hydrogen (secondary N) is 1. The van der Waals surface area contributed by atoms with Crippen LogP contribution in [-0.4, -0.2) is 11.5 Å². The van der Waals surface area contributed by atoms with E-state index in [1.807, 2.05) is 12.3 Å². The fourth-order valence-corrected chi connectivity index (χ4v) is 2.61. The molecule has 0 aliphatic rings. The first-order chi connectivity index (χ1) is 8.20. The van der Waals surface area contributed by atoms with Gasteiger partial charge in [-0.05, 0) is 31.2 Å². The van der Waals surface area contributed by atoms with Crippen LogP contribution in [0.3, 0.4) is 0 Å². The molecule has 2 rings (SSSR count). The van der Waals surface area contributed by atoms with Gasteiger partial charge in [0.2, 0.25) is 0 Å². The maximum Gasteiger partial charge on any atom is 0.123 e. The maximum absolute atomic E-state index is 12.9. The van der Waals surface area contributed by atoms with E-state index in [2.05, 4.69) is 17.2 Å². The van der Waals surface area contributed by atoms with E-state index in [9.17, 15) is 4.39 Å². The van der Waals surface area contributed by atoms with Crippen molar-refractivity contribution < 1.29 is 4.39 Å². The minimum Gasteiger partial charge on any atom is -0.305 e. The molecule has 0 fully saturated rings. The molecule has 0 aliphatic carbocycles. The molecular weight excluding hydrogens is 235 g/mol. The Morgan fingerprint density at radius 1 is 1.35 bits per heavy atom. The van der Waals surface area contributed by atoms with Gasteiger partial charge in [0.1, 0.15) is 10.8 Å². The normalized spacial score (nSPS) is 12.6. The van der Waals surface area contributed by atoms with E-state index in [1.54, 1.807) is 23.5 Å². The third kappa shape index (κ3) is 2.90. The minimum atomic E-state index is -0.209. The number of benzene rings is 1. The Hall–Kier alpha value is -1.26. The molecule has 0 spiro atoms. The third-order valence-electron chi connectivity index (χ3n) is 2.50. The Balaban J connectivity index is 2.31. The SMILES string of the molecule is CCNC(c1ccc(F)cc1)c1nc(C)cs1. The zero-order valence-corrected chi connectivity index (χ0v) is 10.7. The summed E-state index contributed by atoms with van der Waals surface area (Å²) in [7, 11) is 0. The molecule has 4 heteroatoms. The summed E-state index contributed by atoms with van der Waals surface area (Å²) in [5, 5.41) is 6.43. The summed E-state index contributed by atoms with van der Waals surface area (Å²) in [6, 6.07) is 6.64. The highest BCUT2D eigenvalue weighted by molar-refractivity contribution is 7.09. The average Bonchev–Trinajstić information content (AvgIpc) is 2.74. The molecule has 1 unspecified atom stereocenters. The first kappa shape index (κ1) is 12.2. The quantitative estimate of drug-likeness (QED) is 0.900. The molecular formula is C13H15FN2S. The Morgan fingerprint density at radius 2 is 2.06 bits per heavy atom. The molecule has 1 aromatic heterocycles. The zero-order chi connectivity index (χ0) is 12.3. The summed E-state index contributed by atoms with van der Waals surface area (Å²) in [6.07, 6.45) is 0. The first-order valence-electron chi connectivity index (χ1n) is 5.61. The summed E-state index contributed by atoms with van der Waals surface area (Å²) >= 11 is 1.63. The van der Waals surface area contributed by atoms with Crippen molar-refractivity contribution in [3.8, 4) is 0 Å². The Kier molecular flexibility index (Phi) is 3.86. The molecule has 0 radical (unpaired) electrons. The summed E-state index contributed by atoms with van der Waals surface area (Å²) < 4.78 is 12.9. The van der Waals surface area contributed by atoms with Crippen molar-refractivity contribution >= 4 is 11.3 Å². The van der Waals surface area contributed by atoms with E-state index < -0.39 is 0 Å². The van der Waals surface area contributed by atoms with Crippen LogP contribution in [-0.2, 0) is 0 Å². The van der Waals surface area contributed by atoms with Gasteiger partial charge in [-0.25, -0.2) is 9.37 Å². The summed E-state index contributed by atoms with van der Waals surface area (Å²) in [6.45, 7) is 4.88. The third-order valence-corrected chi connectivity index (χ3v) is 3.52. The smallest absolute Gasteiger partial charge is 0.123 e. The van der Waals surface area contributed by atoms with Crippen molar-refractivity contribution in [1.82, 2.24) is 10.3 Å². The molecule has 1 aromatic carbocycles. The molecule has 1 atom stereocenters. The van der Waals surface area contributed by atoms with Crippen LogP contribution < -0.4 is 5.32 Å². The van der Waals surface area contributed by atoms with Crippen LogP contribution in [0.25, 0.3) is 0 Å². The summed E-state index contributed by atoms with van der Waals surface area (Å²) in [4.78, 5) is 4.49. The lowest BCUT2D eigenvalue weighted by Crippen LogP contribution is -2.21. The van der Waals surface area contributed by atoms with E-state index in [0.717, 1.165) is 22.8 Å². The number of nitrogens with zero attached hydrogens (tertiary/aromatic N) is 1. The predicted octanol–water partition coefficient (Wildman–Crippen LogP) is 3.29. The topological polar surface area (TPSA) is 24.9 Å². The van der Waals surface area contributed by atoms with Crippen molar-refractivity contribution in [3.63, 3.8) is 0 Å². The fourth-order valence-electron chi connectivity index (χ4n) is 1.71. The van der Waals surface area contributed by atoms with E-state index >= 15 is 0 Å². The fraction of sp³-hybridized carbons (Fsp3) is 0.308. The van der Waals surface area contributed by atoms with Crippen molar-refractivity contribution in [3.05, 3.63) is 51.7 Å². The van der Waals surface area contributed by atoms with Gasteiger partial charge in [0.15, 0.2) is 0 Å². The molecule has 0 saturated carbocycles. The highest BCUT2D eigenvalue weighted by atomic mass is 32.1. The monoisotopic (exact) mass is 250 g/mol. The van der Waals surface area contributed by atoms with Gasteiger partial charge in [-0.15, -0.1) is 11.3 Å². The molecule has 2 aromatic rings. The Bertz CT molecular complexity index is 478. The number of thiazole rings is 1. The van der Waals surface area contributed by atoms with Gasteiger partial charge in [0.25, 0.3) is 0 Å². The van der Waals surface area contributed by atoms with Crippen LogP contribution in [0.2, 0.25) is 0 Å². The molecule has 0 bridgehead atoms. The van der Waals surface area contributed by atoms with Gasteiger partial charge in [0, 0.05) is 11.1 Å². The lowest BCUT2D eigenvalue weighted by molar-refractivity contribution is 0.611. The number of aromatic nitrogens is 1. The largest absolute Gasteiger partial charge is 0.305 e. The van der Waals surface area contributed by atoms with Crippen LogP contribution in [0, 0.1) is 12.7 Å². The second kappa shape index (κ2) is 5.38. The van der Waals surface area contributed by atoms with Crippen LogP contribution in [0.5, 0.6) is 0 Å². The first-order valence-corrected chi connectivity index (χ1v) is 6.49. The summed E-state index contributed by atoms with van der Waals surface area (Å²) in [5.74, 6) is -0.209. The van der Waals surface area contributed by atoms with Crippen molar-refractivity contribution in [2.24, 2.45) is 0 Å². The molecule has 1 heterocycles. The van der Waals surface area contributed by atoms with Gasteiger partial charge in [-0.1, -0.05) is 19.1 Å². The zero-order valence-electron chi connectivity index (χ0n) is 9.90. The van der Waals surface area contributed by atoms with E-state index in [1.165, 1.54) is 12.1 Å². The van der Waals surface area contributed by atoms with Crippen LogP contribution in [0.1, 0.15) is 29.2 Å². The highest BCUT2D eigenvalue weighted by Gasteiger charge is 2.16. The maximum atomic E-state index is 12.9. The van der Waals surface area contributed by atoms with E-state index in [-0.39, 0.29) is 11.9 Å². The lowest BCUT2D eigenvalue weighted by atomic mass is 10.1. The number of halogens is 1. The van der Waals surface area contributed by atoms with Crippen molar-refractivity contribution in [2.45, 2.75) is 19.9 Å². The van der Waals surface area contributed by atoms with E-state index in [4.69, 9.17) is 0 Å². The summed E-state index contributed by atoms with van der Waals surface area (Å²) in [5.41, 5.74) is 2.07. The molecule has 17 heavy (non-hydrogen) atoms. The van der Waals surface area contributed by atoms with Crippen LogP contribution >= 0.6 is 11.3 Å². The number of hydrogen-bond acceptors (Lipinski definition) is 3. The molecule has 0 aliphatic heterocycles. The number of rotatable bonds is 4. The molecule has 0 saturated heterocycles. The van der Waals surface area contributed by atoms with Crippen molar-refractivity contribution in [2.75, 3.05) is 6.54 Å². The van der Waals surface area contributed by atoms with E-state index in [0.29, 0.717) is 0 Å². The second-order valence-electron chi connectivity index (χ2n) is 3.87. The number of aryl methyl sites for hydroxylation is 1. The average molecular weight is 250 g/mol. The minimum absolute atomic E-state index is 0.0549. The highest BCUT2D eigenvalue weighted by Crippen LogP contribution is 2.25. The van der Waals surface area contributed by atoms with Gasteiger partial charge in [0.05, 0.1) is 6.04 Å². The molecule has 2 nitrogen and oxygen atoms in total. The Morgan fingerprint density at radius 3 is 2.59 bits per heavy atom. The molecule has 90 valence electrons. The lowest BCUT2D eigenvalue weighted by Gasteiger charge is -2.15. The van der Waals surface area contributed by atoms with Gasteiger partial charge < -0.3 is 5.32 Å². The van der Waals surface area contributed by atoms with Crippen LogP contribution in [0.4, 0.5) is 4.39 Å². The van der Waals surface area contributed by atoms with Crippen LogP contribution in [0.15, 0.2) is 29.6 Å². The molecule has 0 amide bonds. The standard InChI is InChI=1S/C13H15FN2S/c1-3-15-12(13-16-9(2)8-17-13)10-4-6-11(14)7-5-10/h4-8,12,15H,3H2,1-2H3. The van der Waals surface area contributed by atoms with Gasteiger partial charge in [-0.3, -0.25) is 0 Å². The van der Waals surface area contributed by atoms with Gasteiger partial charge in [-0.2, -0.15) is 0 Å². The molecule has 1 N–H and O–H groups in total. The predicted molar refractivity (Wildman–Crippen MR) is 68.8 cm³/mol. The second-order valence-corrected chi connectivity index (χ2v) is 4.76. The van der Waals surface area contributed by atoms with Gasteiger partial charge >= 0.3 is 0 Å². The van der Waals surface area contributed by atoms with Crippen molar-refractivity contribution in [1.29, 1.82) is 0 Å².